The van der Waals surface area contributed by atoms with Crippen molar-refractivity contribution in [2.45, 2.75) is 50.5 Å². The Morgan fingerprint density at radius 1 is 0.310 bits per heavy atom. The topological polar surface area (TPSA) is 3.24 Å². The zero-order valence-electron chi connectivity index (χ0n) is 40.1. The molecule has 2 aliphatic rings. The minimum absolute atomic E-state index is 0.0451. The van der Waals surface area contributed by atoms with E-state index < -0.39 is 0 Å². The van der Waals surface area contributed by atoms with Gasteiger partial charge in [-0.15, -0.1) is 0 Å². The molecular formula is C70H51N. The van der Waals surface area contributed by atoms with Crippen LogP contribution in [0.4, 0.5) is 11.4 Å². The molecule has 71 heavy (non-hydrogen) atoms. The Morgan fingerprint density at radius 2 is 0.718 bits per heavy atom. The molecule has 0 saturated heterocycles. The Kier molecular flexibility index (Phi) is 8.65. The van der Waals surface area contributed by atoms with E-state index in [-0.39, 0.29) is 11.0 Å². The van der Waals surface area contributed by atoms with Crippen molar-refractivity contribution in [3.05, 3.63) is 230 Å². The van der Waals surface area contributed by atoms with Crippen LogP contribution in [0.5, 0.6) is 0 Å². The van der Waals surface area contributed by atoms with E-state index in [0.29, 0.717) is 0 Å². The Balaban J connectivity index is 1.07. The fourth-order valence-corrected chi connectivity index (χ4v) is 14.0. The minimum atomic E-state index is -0.0802. The second-order valence-electron chi connectivity index (χ2n) is 21.0. The molecule has 15 rings (SSSR count). The van der Waals surface area contributed by atoms with Gasteiger partial charge in [-0.1, -0.05) is 214 Å². The lowest BCUT2D eigenvalue weighted by atomic mass is 9.61. The van der Waals surface area contributed by atoms with Gasteiger partial charge in [-0.2, -0.15) is 0 Å². The van der Waals surface area contributed by atoms with E-state index in [0.717, 1.165) is 12.8 Å². The molecule has 0 N–H and O–H groups in total. The Bertz CT molecular complexity index is 4230. The van der Waals surface area contributed by atoms with Crippen LogP contribution in [-0.4, -0.2) is 5.54 Å². The maximum Gasteiger partial charge on any atom is 0.0518 e. The summed E-state index contributed by atoms with van der Waals surface area (Å²) < 4.78 is 0. The van der Waals surface area contributed by atoms with Gasteiger partial charge in [0.25, 0.3) is 0 Å². The fraction of sp³-hybridized carbons (Fsp3) is 0.114. The van der Waals surface area contributed by atoms with E-state index in [1.54, 1.807) is 0 Å². The second-order valence-corrected chi connectivity index (χ2v) is 21.0. The molecule has 1 aliphatic heterocycles. The minimum Gasteiger partial charge on any atom is -0.334 e. The molecule has 2 unspecified atom stereocenters. The van der Waals surface area contributed by atoms with Gasteiger partial charge in [0.2, 0.25) is 0 Å². The van der Waals surface area contributed by atoms with Gasteiger partial charge in [-0.25, -0.2) is 0 Å². The molecule has 0 bridgehead atoms. The summed E-state index contributed by atoms with van der Waals surface area (Å²) in [5.74, 6) is 0. The highest BCUT2D eigenvalue weighted by Crippen LogP contribution is 2.62. The van der Waals surface area contributed by atoms with Crippen LogP contribution in [0.25, 0.3) is 120 Å². The molecule has 1 heterocycles. The Hall–Kier alpha value is -8.26. The Labute approximate surface area is 414 Å². The molecule has 0 radical (unpaired) electrons. The summed E-state index contributed by atoms with van der Waals surface area (Å²) in [6, 6.07) is 85.4. The van der Waals surface area contributed by atoms with Gasteiger partial charge in [0, 0.05) is 22.2 Å². The van der Waals surface area contributed by atoms with E-state index >= 15 is 0 Å². The van der Waals surface area contributed by atoms with Gasteiger partial charge in [-0.05, 0) is 170 Å². The molecule has 1 fully saturated rings. The molecule has 1 nitrogen and oxygen atoms in total. The van der Waals surface area contributed by atoms with Crippen molar-refractivity contribution in [2.24, 2.45) is 0 Å². The van der Waals surface area contributed by atoms with Crippen molar-refractivity contribution in [3.8, 4) is 44.5 Å². The van der Waals surface area contributed by atoms with Crippen molar-refractivity contribution in [3.63, 3.8) is 0 Å². The molecule has 2 atom stereocenters. The van der Waals surface area contributed by atoms with Crippen molar-refractivity contribution >= 4 is 86.8 Å². The third-order valence-electron chi connectivity index (χ3n) is 17.6. The monoisotopic (exact) mass is 905 g/mol. The van der Waals surface area contributed by atoms with Crippen molar-refractivity contribution < 1.29 is 0 Å². The van der Waals surface area contributed by atoms with Gasteiger partial charge in [0.1, 0.15) is 0 Å². The third kappa shape index (κ3) is 5.69. The zero-order chi connectivity index (χ0) is 47.0. The number of rotatable bonds is 5. The highest BCUT2D eigenvalue weighted by atomic mass is 15.3. The molecule has 13 aromatic rings. The van der Waals surface area contributed by atoms with Crippen LogP contribution in [-0.2, 0) is 5.41 Å². The number of hydrogen-bond donors (Lipinski definition) is 0. The number of benzene rings is 13. The predicted molar refractivity (Wildman–Crippen MR) is 305 cm³/mol. The molecule has 336 valence electrons. The van der Waals surface area contributed by atoms with E-state index in [9.17, 15) is 0 Å². The molecule has 1 saturated carbocycles. The first-order valence-corrected chi connectivity index (χ1v) is 25.6. The summed E-state index contributed by atoms with van der Waals surface area (Å²) in [7, 11) is 0. The van der Waals surface area contributed by atoms with Crippen LogP contribution in [0, 0.1) is 0 Å². The molecule has 0 amide bonds. The van der Waals surface area contributed by atoms with E-state index in [1.807, 2.05) is 0 Å². The highest BCUT2D eigenvalue weighted by molar-refractivity contribution is 6.33. The van der Waals surface area contributed by atoms with E-state index in [2.05, 4.69) is 243 Å². The Morgan fingerprint density at radius 3 is 1.24 bits per heavy atom. The first-order valence-electron chi connectivity index (χ1n) is 25.6. The highest BCUT2D eigenvalue weighted by Gasteiger charge is 2.58. The van der Waals surface area contributed by atoms with Crippen LogP contribution in [0.15, 0.2) is 224 Å². The summed E-state index contributed by atoms with van der Waals surface area (Å²) in [5.41, 5.74) is 14.2. The summed E-state index contributed by atoms with van der Waals surface area (Å²) in [4.78, 5) is 2.75. The van der Waals surface area contributed by atoms with Crippen molar-refractivity contribution in [1.29, 1.82) is 0 Å². The smallest absolute Gasteiger partial charge is 0.0518 e. The van der Waals surface area contributed by atoms with E-state index in [4.69, 9.17) is 0 Å². The number of nitrogens with zero attached hydrogens (tertiary/aromatic N) is 1. The lowest BCUT2D eigenvalue weighted by Gasteiger charge is -2.50. The van der Waals surface area contributed by atoms with Crippen LogP contribution >= 0.6 is 0 Å². The van der Waals surface area contributed by atoms with Gasteiger partial charge in [0.15, 0.2) is 0 Å². The number of hydrogen-bond acceptors (Lipinski definition) is 1. The van der Waals surface area contributed by atoms with Gasteiger partial charge < -0.3 is 4.90 Å². The zero-order valence-corrected chi connectivity index (χ0v) is 40.1. The first-order chi connectivity index (χ1) is 35.0. The molecular weight excluding hydrogens is 855 g/mol. The number of anilines is 2. The fourth-order valence-electron chi connectivity index (χ4n) is 14.0. The van der Waals surface area contributed by atoms with Gasteiger partial charge >= 0.3 is 0 Å². The van der Waals surface area contributed by atoms with Crippen LogP contribution < -0.4 is 4.90 Å². The first kappa shape index (κ1) is 40.6. The summed E-state index contributed by atoms with van der Waals surface area (Å²) in [5, 5.41) is 18.0. The maximum absolute atomic E-state index is 2.75. The van der Waals surface area contributed by atoms with E-state index in [1.165, 1.54) is 150 Å². The predicted octanol–water partition coefficient (Wildman–Crippen LogP) is 19.6. The maximum atomic E-state index is 2.75. The lowest BCUT2D eigenvalue weighted by Crippen LogP contribution is -2.54. The molecule has 1 aliphatic carbocycles. The van der Waals surface area contributed by atoms with Crippen LogP contribution in [0.3, 0.4) is 0 Å². The number of fused-ring (bicyclic) bond motifs is 7. The van der Waals surface area contributed by atoms with Crippen molar-refractivity contribution in [1.82, 2.24) is 0 Å². The normalized spacial score (nSPS) is 17.9. The van der Waals surface area contributed by atoms with Gasteiger partial charge in [0.05, 0.1) is 5.54 Å². The standard InChI is InChI=1S/C70H51N/c1-69-39-11-12-40-70(69,2)71(65-32-16-24-47-20-6-10-28-52(47)65)66-38-33-48(41-64(66)69)60-42-61(53-29-13-21-44-17-3-7-25-49(44)53)57-36-37-59-63(55-31-15-23-46-19-5-9-27-51(46)55)43-62(58-35-34-56(60)67(57)68(58)59)54-30-14-22-45-18-4-8-26-50(45)54/h3-10,13-38,41-43H,11-12,39-40H2,1-2H3. The summed E-state index contributed by atoms with van der Waals surface area (Å²) in [6.07, 6.45) is 4.79. The molecule has 0 aromatic heterocycles. The van der Waals surface area contributed by atoms with Crippen LogP contribution in [0.2, 0.25) is 0 Å². The third-order valence-corrected chi connectivity index (χ3v) is 17.6. The quantitative estimate of drug-likeness (QED) is 0.156. The summed E-state index contributed by atoms with van der Waals surface area (Å²) >= 11 is 0. The van der Waals surface area contributed by atoms with Crippen LogP contribution in [0.1, 0.15) is 45.1 Å². The summed E-state index contributed by atoms with van der Waals surface area (Å²) in [6.45, 7) is 5.14. The molecule has 13 aromatic carbocycles. The van der Waals surface area contributed by atoms with Crippen molar-refractivity contribution in [2.75, 3.05) is 4.90 Å². The SMILES string of the molecule is CC12CCCCC1(C)N(c1cccc3ccccc13)c1ccc(-c3cc(-c4cccc5ccccc45)c4ccc5c(-c6cccc7ccccc67)cc(-c6cccc7ccccc67)c6ccc3c4c65)cc12. The lowest BCUT2D eigenvalue weighted by molar-refractivity contribution is 0.195. The second kappa shape index (κ2) is 15.1. The largest absolute Gasteiger partial charge is 0.334 e. The van der Waals surface area contributed by atoms with Gasteiger partial charge in [-0.3, -0.25) is 0 Å². The molecule has 1 heteroatoms. The average molecular weight is 906 g/mol. The average Bonchev–Trinajstić information content (AvgIpc) is 3.63. The molecule has 0 spiro atoms.